The highest BCUT2D eigenvalue weighted by Gasteiger charge is 2.25. The molecule has 0 bridgehead atoms. The molecule has 4 rings (SSSR count). The van der Waals surface area contributed by atoms with E-state index in [9.17, 15) is 9.59 Å². The second kappa shape index (κ2) is 9.77. The van der Waals surface area contributed by atoms with Gasteiger partial charge in [-0.15, -0.1) is 0 Å². The van der Waals surface area contributed by atoms with Gasteiger partial charge in [-0.3, -0.25) is 9.59 Å². The van der Waals surface area contributed by atoms with E-state index in [0.717, 1.165) is 41.3 Å². The van der Waals surface area contributed by atoms with Crippen LogP contribution in [0.5, 0.6) is 5.75 Å². The van der Waals surface area contributed by atoms with Crippen molar-refractivity contribution in [3.8, 4) is 5.75 Å². The lowest BCUT2D eigenvalue weighted by atomic mass is 10.1. The van der Waals surface area contributed by atoms with E-state index in [1.807, 2.05) is 55.5 Å². The maximum atomic E-state index is 12.8. The highest BCUT2D eigenvalue weighted by molar-refractivity contribution is 6.04. The van der Waals surface area contributed by atoms with Crippen LogP contribution in [-0.4, -0.2) is 31.5 Å². The summed E-state index contributed by atoms with van der Waals surface area (Å²) in [6.07, 6.45) is 0. The molecule has 0 spiro atoms. The Morgan fingerprint density at radius 1 is 1.03 bits per heavy atom. The van der Waals surface area contributed by atoms with Gasteiger partial charge in [-0.25, -0.2) is 0 Å². The summed E-state index contributed by atoms with van der Waals surface area (Å²) in [6, 6.07) is 21.0. The highest BCUT2D eigenvalue weighted by Crippen LogP contribution is 2.32. The van der Waals surface area contributed by atoms with E-state index in [4.69, 9.17) is 4.74 Å². The molecule has 0 saturated heterocycles. The molecule has 0 fully saturated rings. The molecule has 0 saturated carbocycles. The molecule has 0 radical (unpaired) electrons. The first-order chi connectivity index (χ1) is 16.0. The van der Waals surface area contributed by atoms with Gasteiger partial charge in [0, 0.05) is 30.0 Å². The standard InChI is InChI=1S/C27H29N3O3/c1-4-29(5-2)22-14-15-23(19(3)16-22)28-27(32)21-12-10-20(11-13-21)17-30-24-8-6-7-9-25(24)33-18-26(30)31/h6-16H,4-5,17-18H2,1-3H3,(H,28,32). The number of aryl methyl sites for hydroxylation is 1. The number of hydrogen-bond donors (Lipinski definition) is 1. The van der Waals surface area contributed by atoms with Crippen LogP contribution >= 0.6 is 0 Å². The number of fused-ring (bicyclic) bond motifs is 1. The molecule has 2 amide bonds. The van der Waals surface area contributed by atoms with E-state index in [0.29, 0.717) is 17.9 Å². The number of carbonyl (C=O) groups is 2. The van der Waals surface area contributed by atoms with Gasteiger partial charge in [0.2, 0.25) is 0 Å². The van der Waals surface area contributed by atoms with Crippen molar-refractivity contribution in [2.75, 3.05) is 34.8 Å². The zero-order valence-electron chi connectivity index (χ0n) is 19.3. The number of nitrogens with one attached hydrogen (secondary N) is 1. The smallest absolute Gasteiger partial charge is 0.265 e. The van der Waals surface area contributed by atoms with Crippen molar-refractivity contribution in [1.82, 2.24) is 0 Å². The van der Waals surface area contributed by atoms with Gasteiger partial charge >= 0.3 is 0 Å². The summed E-state index contributed by atoms with van der Waals surface area (Å²) in [5.74, 6) is 0.461. The lowest BCUT2D eigenvalue weighted by molar-refractivity contribution is -0.121. The molecule has 1 N–H and O–H groups in total. The first-order valence-electron chi connectivity index (χ1n) is 11.3. The number of benzene rings is 3. The average Bonchev–Trinajstić information content (AvgIpc) is 2.83. The SMILES string of the molecule is CCN(CC)c1ccc(NC(=O)c2ccc(CN3C(=O)COc4ccccc43)cc2)c(C)c1. The molecule has 1 aliphatic rings. The number of anilines is 3. The Morgan fingerprint density at radius 3 is 2.45 bits per heavy atom. The predicted molar refractivity (Wildman–Crippen MR) is 132 cm³/mol. The van der Waals surface area contributed by atoms with E-state index in [1.165, 1.54) is 0 Å². The summed E-state index contributed by atoms with van der Waals surface area (Å²) >= 11 is 0. The minimum atomic E-state index is -0.159. The van der Waals surface area contributed by atoms with Gasteiger partial charge in [-0.2, -0.15) is 0 Å². The highest BCUT2D eigenvalue weighted by atomic mass is 16.5. The molecule has 1 heterocycles. The van der Waals surface area contributed by atoms with Crippen molar-refractivity contribution in [3.63, 3.8) is 0 Å². The number of rotatable bonds is 7. The van der Waals surface area contributed by atoms with Gasteiger partial charge in [-0.05, 0) is 74.4 Å². The fourth-order valence-electron chi connectivity index (χ4n) is 4.04. The topological polar surface area (TPSA) is 61.9 Å². The second-order valence-corrected chi connectivity index (χ2v) is 8.06. The van der Waals surface area contributed by atoms with Crippen LogP contribution in [0.4, 0.5) is 17.1 Å². The summed E-state index contributed by atoms with van der Waals surface area (Å²) < 4.78 is 5.51. The fraction of sp³-hybridized carbons (Fsp3) is 0.259. The molecular formula is C27H29N3O3. The van der Waals surface area contributed by atoms with Crippen molar-refractivity contribution >= 4 is 28.9 Å². The molecule has 0 unspecified atom stereocenters. The third-order valence-corrected chi connectivity index (χ3v) is 5.95. The van der Waals surface area contributed by atoms with Crippen LogP contribution in [-0.2, 0) is 11.3 Å². The third-order valence-electron chi connectivity index (χ3n) is 5.95. The van der Waals surface area contributed by atoms with Gasteiger partial charge in [0.05, 0.1) is 12.2 Å². The fourth-order valence-corrected chi connectivity index (χ4v) is 4.04. The number of carbonyl (C=O) groups excluding carboxylic acids is 2. The van der Waals surface area contributed by atoms with E-state index >= 15 is 0 Å². The molecule has 0 atom stereocenters. The maximum Gasteiger partial charge on any atom is 0.265 e. The first kappa shape index (κ1) is 22.4. The van der Waals surface area contributed by atoms with E-state index in [-0.39, 0.29) is 18.4 Å². The zero-order valence-corrected chi connectivity index (χ0v) is 19.3. The monoisotopic (exact) mass is 443 g/mol. The molecule has 1 aliphatic heterocycles. The first-order valence-corrected chi connectivity index (χ1v) is 11.3. The van der Waals surface area contributed by atoms with Gasteiger partial charge in [0.15, 0.2) is 6.61 Å². The predicted octanol–water partition coefficient (Wildman–Crippen LogP) is 5.02. The van der Waals surface area contributed by atoms with Gasteiger partial charge in [0.25, 0.3) is 11.8 Å². The Bertz CT molecular complexity index is 1150. The van der Waals surface area contributed by atoms with Crippen molar-refractivity contribution in [2.24, 2.45) is 0 Å². The van der Waals surface area contributed by atoms with Crippen LogP contribution in [0.25, 0.3) is 0 Å². The van der Waals surface area contributed by atoms with Gasteiger partial charge in [0.1, 0.15) is 5.75 Å². The molecular weight excluding hydrogens is 414 g/mol. The van der Waals surface area contributed by atoms with Crippen LogP contribution in [0.3, 0.4) is 0 Å². The number of para-hydroxylation sites is 2. The minimum Gasteiger partial charge on any atom is -0.482 e. The Labute approximate surface area is 194 Å². The molecule has 6 heteroatoms. The quantitative estimate of drug-likeness (QED) is 0.557. The van der Waals surface area contributed by atoms with Gasteiger partial charge in [-0.1, -0.05) is 24.3 Å². The normalized spacial score (nSPS) is 12.7. The summed E-state index contributed by atoms with van der Waals surface area (Å²) in [5.41, 5.74) is 5.25. The summed E-state index contributed by atoms with van der Waals surface area (Å²) in [6.45, 7) is 8.60. The molecule has 6 nitrogen and oxygen atoms in total. The summed E-state index contributed by atoms with van der Waals surface area (Å²) in [5, 5.41) is 3.01. The average molecular weight is 444 g/mol. The van der Waals surface area contributed by atoms with E-state index in [1.54, 1.807) is 17.0 Å². The van der Waals surface area contributed by atoms with Crippen LogP contribution in [0.1, 0.15) is 35.3 Å². The van der Waals surface area contributed by atoms with Crippen molar-refractivity contribution in [2.45, 2.75) is 27.3 Å². The Morgan fingerprint density at radius 2 is 1.76 bits per heavy atom. The largest absolute Gasteiger partial charge is 0.482 e. The van der Waals surface area contributed by atoms with Crippen LogP contribution in [0.15, 0.2) is 66.7 Å². The van der Waals surface area contributed by atoms with Crippen LogP contribution in [0.2, 0.25) is 0 Å². The number of amides is 2. The van der Waals surface area contributed by atoms with E-state index in [2.05, 4.69) is 30.1 Å². The maximum absolute atomic E-state index is 12.8. The minimum absolute atomic E-state index is 0.0317. The lowest BCUT2D eigenvalue weighted by Gasteiger charge is -2.29. The molecule has 33 heavy (non-hydrogen) atoms. The Balaban J connectivity index is 1.45. The zero-order chi connectivity index (χ0) is 23.4. The van der Waals surface area contributed by atoms with Gasteiger partial charge < -0.3 is 19.9 Å². The van der Waals surface area contributed by atoms with Crippen molar-refractivity contribution in [3.05, 3.63) is 83.4 Å². The van der Waals surface area contributed by atoms with Crippen molar-refractivity contribution < 1.29 is 14.3 Å². The summed E-state index contributed by atoms with van der Waals surface area (Å²) in [4.78, 5) is 29.2. The Hall–Kier alpha value is -3.80. The number of ether oxygens (including phenoxy) is 1. The lowest BCUT2D eigenvalue weighted by Crippen LogP contribution is -2.38. The van der Waals surface area contributed by atoms with Crippen molar-refractivity contribution in [1.29, 1.82) is 0 Å². The Kier molecular flexibility index (Phi) is 6.63. The molecule has 3 aromatic rings. The molecule has 170 valence electrons. The molecule has 3 aromatic carbocycles. The van der Waals surface area contributed by atoms with E-state index < -0.39 is 0 Å². The van der Waals surface area contributed by atoms with Crippen LogP contribution < -0.4 is 19.9 Å². The van der Waals surface area contributed by atoms with Crippen LogP contribution in [0, 0.1) is 6.92 Å². The summed E-state index contributed by atoms with van der Waals surface area (Å²) in [7, 11) is 0. The number of hydrogen-bond acceptors (Lipinski definition) is 4. The molecule has 0 aromatic heterocycles. The molecule has 0 aliphatic carbocycles. The third kappa shape index (κ3) is 4.85. The second-order valence-electron chi connectivity index (χ2n) is 8.06. The number of nitrogens with zero attached hydrogens (tertiary/aromatic N) is 2.